The van der Waals surface area contributed by atoms with E-state index in [0.29, 0.717) is 31.1 Å². The smallest absolute Gasteiger partial charge is 0.254 e. The summed E-state index contributed by atoms with van der Waals surface area (Å²) in [6.07, 6.45) is 1.61. The number of benzene rings is 2. The number of nitrogens with zero attached hydrogens (tertiary/aromatic N) is 3. The highest BCUT2D eigenvalue weighted by Crippen LogP contribution is 2.18. The molecule has 0 unspecified atom stereocenters. The summed E-state index contributed by atoms with van der Waals surface area (Å²) in [5.41, 5.74) is 5.59. The number of carbonyl (C=O) groups excluding carboxylic acids is 1. The molecule has 2 aromatic rings. The minimum absolute atomic E-state index is 0.184. The van der Waals surface area contributed by atoms with Gasteiger partial charge in [-0.05, 0) is 31.5 Å². The number of rotatable bonds is 6. The molecule has 154 valence electrons. The Bertz CT molecular complexity index is 979. The van der Waals surface area contributed by atoms with Gasteiger partial charge in [0.15, 0.2) is 0 Å². The molecule has 1 heterocycles. The van der Waals surface area contributed by atoms with Crippen LogP contribution < -0.4 is 5.43 Å². The fraction of sp³-hybridized carbons (Fsp3) is 0.333. The van der Waals surface area contributed by atoms with E-state index in [1.54, 1.807) is 30.5 Å². The van der Waals surface area contributed by atoms with Gasteiger partial charge in [0.2, 0.25) is 10.0 Å². The van der Waals surface area contributed by atoms with Gasteiger partial charge in [0, 0.05) is 26.2 Å². The zero-order valence-corrected chi connectivity index (χ0v) is 17.5. The summed E-state index contributed by atoms with van der Waals surface area (Å²) in [4.78, 5) is 14.3. The fourth-order valence-electron chi connectivity index (χ4n) is 3.15. The van der Waals surface area contributed by atoms with Crippen molar-refractivity contribution in [1.82, 2.24) is 14.6 Å². The molecule has 0 saturated carbocycles. The lowest BCUT2D eigenvalue weighted by Gasteiger charge is -2.33. The van der Waals surface area contributed by atoms with E-state index < -0.39 is 10.0 Å². The van der Waals surface area contributed by atoms with Crippen LogP contribution in [-0.2, 0) is 14.8 Å². The predicted octanol–water partition coefficient (Wildman–Crippen LogP) is 1.76. The Morgan fingerprint density at radius 2 is 1.72 bits per heavy atom. The first-order valence-corrected chi connectivity index (χ1v) is 11.0. The summed E-state index contributed by atoms with van der Waals surface area (Å²) < 4.78 is 26.9. The van der Waals surface area contributed by atoms with Crippen LogP contribution in [0.2, 0.25) is 0 Å². The van der Waals surface area contributed by atoms with E-state index in [2.05, 4.69) is 10.5 Å². The summed E-state index contributed by atoms with van der Waals surface area (Å²) in [6.45, 7) is 5.82. The van der Waals surface area contributed by atoms with Gasteiger partial charge in [0.1, 0.15) is 0 Å². The molecule has 7 nitrogen and oxygen atoms in total. The lowest BCUT2D eigenvalue weighted by atomic mass is 10.2. The van der Waals surface area contributed by atoms with Crippen molar-refractivity contribution in [3.8, 4) is 0 Å². The molecule has 29 heavy (non-hydrogen) atoms. The van der Waals surface area contributed by atoms with E-state index in [9.17, 15) is 13.2 Å². The molecule has 1 amide bonds. The van der Waals surface area contributed by atoms with E-state index in [1.165, 1.54) is 4.31 Å². The Morgan fingerprint density at radius 3 is 2.38 bits per heavy atom. The van der Waals surface area contributed by atoms with Crippen molar-refractivity contribution >= 4 is 22.1 Å². The molecule has 1 aliphatic heterocycles. The third-order valence-electron chi connectivity index (χ3n) is 4.80. The first-order valence-electron chi connectivity index (χ1n) is 9.52. The third-order valence-corrected chi connectivity index (χ3v) is 6.72. The predicted molar refractivity (Wildman–Crippen MR) is 113 cm³/mol. The number of aryl methyl sites for hydroxylation is 2. The minimum atomic E-state index is -3.50. The van der Waals surface area contributed by atoms with Gasteiger partial charge in [0.05, 0.1) is 17.7 Å². The van der Waals surface area contributed by atoms with Crippen molar-refractivity contribution in [1.29, 1.82) is 0 Å². The van der Waals surface area contributed by atoms with Crippen LogP contribution in [0.3, 0.4) is 0 Å². The number of sulfonamides is 1. The van der Waals surface area contributed by atoms with Crippen LogP contribution in [0.4, 0.5) is 0 Å². The molecule has 0 radical (unpaired) electrons. The number of piperazine rings is 1. The van der Waals surface area contributed by atoms with Crippen LogP contribution in [-0.4, -0.2) is 62.5 Å². The van der Waals surface area contributed by atoms with Crippen LogP contribution in [0, 0.1) is 13.8 Å². The molecule has 1 N–H and O–H groups in total. The standard InChI is InChI=1S/C21H26N4O3S/c1-17-6-8-20(9-7-17)29(27,28)25-12-10-24(11-13-25)16-21(26)23-22-15-19-5-3-4-18(2)14-19/h3-9,14-15H,10-13,16H2,1-2H3,(H,23,26)/b22-15-. The number of hydrogen-bond donors (Lipinski definition) is 1. The van der Waals surface area contributed by atoms with Crippen molar-refractivity contribution < 1.29 is 13.2 Å². The Labute approximate surface area is 172 Å². The molecule has 0 aliphatic carbocycles. The lowest BCUT2D eigenvalue weighted by molar-refractivity contribution is -0.122. The van der Waals surface area contributed by atoms with Gasteiger partial charge in [-0.3, -0.25) is 9.69 Å². The highest BCUT2D eigenvalue weighted by Gasteiger charge is 2.28. The molecule has 0 aromatic heterocycles. The SMILES string of the molecule is Cc1ccc(S(=O)(=O)N2CCN(CC(=O)N/N=C\c3cccc(C)c3)CC2)cc1. The molecular weight excluding hydrogens is 388 g/mol. The van der Waals surface area contributed by atoms with Crippen LogP contribution in [0.1, 0.15) is 16.7 Å². The maximum atomic E-state index is 12.7. The molecule has 3 rings (SSSR count). The second kappa shape index (κ2) is 9.30. The molecule has 2 aromatic carbocycles. The molecule has 1 aliphatic rings. The first-order chi connectivity index (χ1) is 13.8. The number of nitrogens with one attached hydrogen (secondary N) is 1. The highest BCUT2D eigenvalue weighted by atomic mass is 32.2. The summed E-state index contributed by atoms with van der Waals surface area (Å²) in [7, 11) is -3.50. The monoisotopic (exact) mass is 414 g/mol. The third kappa shape index (κ3) is 5.72. The van der Waals surface area contributed by atoms with Crippen molar-refractivity contribution in [2.75, 3.05) is 32.7 Å². The maximum absolute atomic E-state index is 12.7. The van der Waals surface area contributed by atoms with E-state index in [-0.39, 0.29) is 12.5 Å². The van der Waals surface area contributed by atoms with E-state index in [4.69, 9.17) is 0 Å². The largest absolute Gasteiger partial charge is 0.292 e. The fourth-order valence-corrected chi connectivity index (χ4v) is 4.58. The Kier molecular flexibility index (Phi) is 6.79. The average Bonchev–Trinajstić information content (AvgIpc) is 2.69. The van der Waals surface area contributed by atoms with E-state index in [0.717, 1.165) is 16.7 Å². The van der Waals surface area contributed by atoms with Crippen LogP contribution >= 0.6 is 0 Å². The highest BCUT2D eigenvalue weighted by molar-refractivity contribution is 7.89. The van der Waals surface area contributed by atoms with Gasteiger partial charge >= 0.3 is 0 Å². The van der Waals surface area contributed by atoms with E-state index in [1.807, 2.05) is 43.0 Å². The van der Waals surface area contributed by atoms with Crippen LogP contribution in [0.15, 0.2) is 58.5 Å². The van der Waals surface area contributed by atoms with Gasteiger partial charge in [-0.1, -0.05) is 47.5 Å². The minimum Gasteiger partial charge on any atom is -0.292 e. The number of hydrazone groups is 1. The molecule has 1 saturated heterocycles. The van der Waals surface area contributed by atoms with Crippen molar-refractivity contribution in [3.63, 3.8) is 0 Å². The lowest BCUT2D eigenvalue weighted by Crippen LogP contribution is -2.50. The summed E-state index contributed by atoms with van der Waals surface area (Å²) >= 11 is 0. The summed E-state index contributed by atoms with van der Waals surface area (Å²) in [5, 5.41) is 3.99. The first kappa shape index (κ1) is 21.2. The van der Waals surface area contributed by atoms with Crippen LogP contribution in [0.5, 0.6) is 0 Å². The molecule has 8 heteroatoms. The van der Waals surface area contributed by atoms with Crippen molar-refractivity contribution in [2.45, 2.75) is 18.7 Å². The normalized spacial score (nSPS) is 16.2. The number of hydrogen-bond acceptors (Lipinski definition) is 5. The quantitative estimate of drug-likeness (QED) is 0.577. The molecular formula is C21H26N4O3S. The van der Waals surface area contributed by atoms with Gasteiger partial charge in [-0.15, -0.1) is 0 Å². The summed E-state index contributed by atoms with van der Waals surface area (Å²) in [5.74, 6) is -0.219. The van der Waals surface area contributed by atoms with Gasteiger partial charge < -0.3 is 0 Å². The zero-order chi connectivity index (χ0) is 20.9. The van der Waals surface area contributed by atoms with E-state index >= 15 is 0 Å². The molecule has 0 spiro atoms. The Balaban J connectivity index is 1.48. The Morgan fingerprint density at radius 1 is 1.03 bits per heavy atom. The number of amides is 1. The van der Waals surface area contributed by atoms with Crippen molar-refractivity contribution in [2.24, 2.45) is 5.10 Å². The van der Waals surface area contributed by atoms with Gasteiger partial charge in [-0.25, -0.2) is 13.8 Å². The second-order valence-corrected chi connectivity index (χ2v) is 9.14. The van der Waals surface area contributed by atoms with Crippen molar-refractivity contribution in [3.05, 3.63) is 65.2 Å². The van der Waals surface area contributed by atoms with Crippen LogP contribution in [0.25, 0.3) is 0 Å². The maximum Gasteiger partial charge on any atom is 0.254 e. The average molecular weight is 415 g/mol. The zero-order valence-electron chi connectivity index (χ0n) is 16.7. The molecule has 0 atom stereocenters. The molecule has 0 bridgehead atoms. The van der Waals surface area contributed by atoms with Gasteiger partial charge in [-0.2, -0.15) is 9.41 Å². The number of carbonyl (C=O) groups is 1. The Hall–Kier alpha value is -2.55. The molecule has 1 fully saturated rings. The second-order valence-electron chi connectivity index (χ2n) is 7.20. The van der Waals surface area contributed by atoms with Gasteiger partial charge in [0.25, 0.3) is 5.91 Å². The topological polar surface area (TPSA) is 82.1 Å². The summed E-state index contributed by atoms with van der Waals surface area (Å²) in [6, 6.07) is 14.7.